The molecule has 4 rings (SSSR count). The fourth-order valence-corrected chi connectivity index (χ4v) is 9.77. The Bertz CT molecular complexity index is 841. The number of hydrogen-bond donors (Lipinski definition) is 2. The van der Waals surface area contributed by atoms with Gasteiger partial charge in [-0.05, 0) is 105 Å². The molecule has 0 radical (unpaired) electrons. The molecule has 0 amide bonds. The molecule has 0 bridgehead atoms. The first kappa shape index (κ1) is 25.9. The highest BCUT2D eigenvalue weighted by Gasteiger charge is 2.81. The number of allylic oxidation sites excluding steroid dienone is 1. The second kappa shape index (κ2) is 8.47. The van der Waals surface area contributed by atoms with E-state index in [0.717, 1.165) is 25.7 Å². The maximum absolute atomic E-state index is 12.1. The van der Waals surface area contributed by atoms with Gasteiger partial charge in [0.1, 0.15) is 0 Å². The molecular formula is C30H48O4. The number of carbonyl (C=O) groups is 1. The zero-order chi connectivity index (χ0) is 25.2. The van der Waals surface area contributed by atoms with Gasteiger partial charge in [-0.3, -0.25) is 4.79 Å². The van der Waals surface area contributed by atoms with E-state index in [-0.39, 0.29) is 39.7 Å². The van der Waals surface area contributed by atoms with Crippen LogP contribution >= 0.6 is 0 Å². The number of rotatable bonds is 8. The predicted octanol–water partition coefficient (Wildman–Crippen LogP) is 6.07. The second-order valence-electron chi connectivity index (χ2n) is 13.4. The smallest absolute Gasteiger partial charge is 0.305 e. The highest BCUT2D eigenvalue weighted by Crippen LogP contribution is 2.87. The molecule has 4 saturated carbocycles. The van der Waals surface area contributed by atoms with Gasteiger partial charge >= 0.3 is 5.97 Å². The molecular weight excluding hydrogens is 424 g/mol. The summed E-state index contributed by atoms with van der Waals surface area (Å²) in [6.45, 7) is 15.2. The lowest BCUT2D eigenvalue weighted by Crippen LogP contribution is -2.56. The van der Waals surface area contributed by atoms with Crippen molar-refractivity contribution in [3.63, 3.8) is 0 Å². The van der Waals surface area contributed by atoms with Gasteiger partial charge in [0, 0.05) is 12.3 Å². The number of carbonyl (C=O) groups excluding carboxylic acids is 1. The SMILES string of the molecule is C=C[C@@H]1[C@@H](O)C[C@@H]2[C@]3(CC[C@]4(C)[C@@H]([C@H](C)C/C=C/C(C)(C)O)CC[C@@]24C)C[C@]13CCC(=O)OC. The Morgan fingerprint density at radius 1 is 1.24 bits per heavy atom. The summed E-state index contributed by atoms with van der Waals surface area (Å²) < 4.78 is 4.98. The molecule has 192 valence electrons. The Morgan fingerprint density at radius 3 is 2.56 bits per heavy atom. The lowest BCUT2D eigenvalue weighted by Gasteiger charge is -2.61. The van der Waals surface area contributed by atoms with Gasteiger partial charge in [-0.25, -0.2) is 0 Å². The van der Waals surface area contributed by atoms with Crippen LogP contribution < -0.4 is 0 Å². The van der Waals surface area contributed by atoms with Crippen molar-refractivity contribution in [2.75, 3.05) is 7.11 Å². The quantitative estimate of drug-likeness (QED) is 0.332. The molecule has 0 unspecified atom stereocenters. The van der Waals surface area contributed by atoms with Crippen molar-refractivity contribution in [1.29, 1.82) is 0 Å². The van der Waals surface area contributed by atoms with Gasteiger partial charge in [-0.2, -0.15) is 0 Å². The summed E-state index contributed by atoms with van der Waals surface area (Å²) in [5.74, 6) is 1.64. The average molecular weight is 473 g/mol. The Balaban J connectivity index is 1.60. The molecule has 4 aliphatic rings. The first-order valence-electron chi connectivity index (χ1n) is 13.6. The average Bonchev–Trinajstić information content (AvgIpc) is 3.33. The van der Waals surface area contributed by atoms with Gasteiger partial charge in [-0.1, -0.05) is 39.0 Å². The molecule has 0 aromatic carbocycles. The van der Waals surface area contributed by atoms with Gasteiger partial charge in [0.05, 0.1) is 18.8 Å². The van der Waals surface area contributed by atoms with Crippen LogP contribution in [-0.2, 0) is 9.53 Å². The van der Waals surface area contributed by atoms with E-state index in [0.29, 0.717) is 24.2 Å². The molecule has 1 spiro atoms. The predicted molar refractivity (Wildman–Crippen MR) is 136 cm³/mol. The molecule has 4 heteroatoms. The van der Waals surface area contributed by atoms with Crippen molar-refractivity contribution >= 4 is 5.97 Å². The molecule has 0 aliphatic heterocycles. The number of aliphatic hydroxyl groups is 2. The highest BCUT2D eigenvalue weighted by molar-refractivity contribution is 5.69. The second-order valence-corrected chi connectivity index (χ2v) is 13.4. The molecule has 2 N–H and O–H groups in total. The minimum Gasteiger partial charge on any atom is -0.469 e. The number of ether oxygens (including phenoxy) is 1. The van der Waals surface area contributed by atoms with Crippen molar-refractivity contribution in [2.24, 2.45) is 45.3 Å². The van der Waals surface area contributed by atoms with E-state index in [1.165, 1.54) is 32.8 Å². The van der Waals surface area contributed by atoms with Gasteiger partial charge in [0.25, 0.3) is 0 Å². The van der Waals surface area contributed by atoms with E-state index >= 15 is 0 Å². The molecule has 9 atom stereocenters. The van der Waals surface area contributed by atoms with Crippen LogP contribution in [0.25, 0.3) is 0 Å². The van der Waals surface area contributed by atoms with Crippen molar-refractivity contribution in [1.82, 2.24) is 0 Å². The van der Waals surface area contributed by atoms with Crippen LogP contribution in [0.1, 0.15) is 92.4 Å². The minimum atomic E-state index is -0.759. The standard InChI is InChI=1S/C30H48O4/c1-8-21-23(31)18-24-28(6)14-11-22(20(2)10-9-13-26(3,4)33)27(28,5)16-17-30(24)19-29(21,30)15-12-25(32)34-7/h8-9,13,20-24,31,33H,1,10-12,14-19H2,2-7H3/b13-9+/t20-,21-,22-,23+,24+,27-,28+,29-,30+/m1/s1. The molecule has 34 heavy (non-hydrogen) atoms. The van der Waals surface area contributed by atoms with E-state index in [4.69, 9.17) is 4.74 Å². The normalized spacial score (nSPS) is 46.4. The Labute approximate surface area is 207 Å². The molecule has 4 fully saturated rings. The van der Waals surface area contributed by atoms with Crippen molar-refractivity contribution in [2.45, 2.75) is 104 Å². The van der Waals surface area contributed by atoms with Gasteiger partial charge in [0.2, 0.25) is 0 Å². The Hall–Kier alpha value is -1.13. The van der Waals surface area contributed by atoms with Gasteiger partial charge in [-0.15, -0.1) is 6.58 Å². The molecule has 0 aromatic rings. The van der Waals surface area contributed by atoms with Crippen LogP contribution in [0.4, 0.5) is 0 Å². The maximum Gasteiger partial charge on any atom is 0.305 e. The van der Waals surface area contributed by atoms with Crippen molar-refractivity contribution in [3.05, 3.63) is 24.8 Å². The highest BCUT2D eigenvalue weighted by atomic mass is 16.5. The number of aliphatic hydroxyl groups excluding tert-OH is 1. The topological polar surface area (TPSA) is 66.8 Å². The van der Waals surface area contributed by atoms with E-state index in [1.54, 1.807) is 0 Å². The van der Waals surface area contributed by atoms with Crippen LogP contribution in [-0.4, -0.2) is 35.0 Å². The van der Waals surface area contributed by atoms with Crippen LogP contribution in [0.15, 0.2) is 24.8 Å². The van der Waals surface area contributed by atoms with Crippen molar-refractivity contribution < 1.29 is 19.7 Å². The first-order chi connectivity index (χ1) is 15.8. The molecule has 0 aromatic heterocycles. The Kier molecular flexibility index (Phi) is 6.47. The summed E-state index contributed by atoms with van der Waals surface area (Å²) in [7, 11) is 1.47. The summed E-state index contributed by atoms with van der Waals surface area (Å²) >= 11 is 0. The largest absolute Gasteiger partial charge is 0.469 e. The van der Waals surface area contributed by atoms with Crippen LogP contribution in [0.5, 0.6) is 0 Å². The third-order valence-electron chi connectivity index (χ3n) is 11.6. The monoisotopic (exact) mass is 472 g/mol. The maximum atomic E-state index is 12.1. The van der Waals surface area contributed by atoms with Crippen LogP contribution in [0.3, 0.4) is 0 Å². The minimum absolute atomic E-state index is 0.00520. The lowest BCUT2D eigenvalue weighted by atomic mass is 9.43. The van der Waals surface area contributed by atoms with Crippen LogP contribution in [0, 0.1) is 45.3 Å². The number of methoxy groups -OCH3 is 1. The molecule has 0 saturated heterocycles. The zero-order valence-corrected chi connectivity index (χ0v) is 22.4. The third kappa shape index (κ3) is 3.65. The number of esters is 1. The fraction of sp³-hybridized carbons (Fsp3) is 0.833. The zero-order valence-electron chi connectivity index (χ0n) is 22.4. The van der Waals surface area contributed by atoms with E-state index in [9.17, 15) is 15.0 Å². The van der Waals surface area contributed by atoms with Gasteiger partial charge < -0.3 is 14.9 Å². The van der Waals surface area contributed by atoms with E-state index < -0.39 is 5.60 Å². The first-order valence-corrected chi connectivity index (χ1v) is 13.6. The molecule has 4 aliphatic carbocycles. The number of hydrogen-bond acceptors (Lipinski definition) is 4. The van der Waals surface area contributed by atoms with Gasteiger partial charge in [0.15, 0.2) is 0 Å². The van der Waals surface area contributed by atoms with E-state index in [1.807, 2.05) is 26.0 Å². The summed E-state index contributed by atoms with van der Waals surface area (Å²) in [6.07, 6.45) is 14.8. The fourth-order valence-electron chi connectivity index (χ4n) is 9.77. The summed E-state index contributed by atoms with van der Waals surface area (Å²) in [4.78, 5) is 12.1. The number of fused-ring (bicyclic) bond motifs is 2. The third-order valence-corrected chi connectivity index (χ3v) is 11.6. The molecule has 4 nitrogen and oxygen atoms in total. The summed E-state index contributed by atoms with van der Waals surface area (Å²) in [5.41, 5.74) is -0.0852. The molecule has 0 heterocycles. The lowest BCUT2D eigenvalue weighted by molar-refractivity contribution is -0.150. The summed E-state index contributed by atoms with van der Waals surface area (Å²) in [6, 6.07) is 0. The Morgan fingerprint density at radius 2 is 1.94 bits per heavy atom. The van der Waals surface area contributed by atoms with Crippen LogP contribution in [0.2, 0.25) is 0 Å². The van der Waals surface area contributed by atoms with E-state index in [2.05, 4.69) is 33.4 Å². The van der Waals surface area contributed by atoms with Crippen molar-refractivity contribution in [3.8, 4) is 0 Å². The summed E-state index contributed by atoms with van der Waals surface area (Å²) in [5, 5.41) is 21.4.